The number of aliphatic hydroxyl groups excluding tert-OH is 2. The maximum absolute atomic E-state index is 13.6. The van der Waals surface area contributed by atoms with Gasteiger partial charge in [0.05, 0.1) is 26.1 Å². The number of nitrogens with one attached hydrogen (secondary N) is 1. The zero-order valence-electron chi connectivity index (χ0n) is 21.5. The Morgan fingerprint density at radius 1 is 1.17 bits per heavy atom. The van der Waals surface area contributed by atoms with Gasteiger partial charge < -0.3 is 29.8 Å². The molecule has 218 valence electrons. The third-order valence-electron chi connectivity index (χ3n) is 6.14. The maximum Gasteiger partial charge on any atom is 0.433 e. The Hall–Kier alpha value is -3.96. The normalized spacial score (nSPS) is 22.1. The van der Waals surface area contributed by atoms with E-state index in [-0.39, 0.29) is 35.3 Å². The lowest BCUT2D eigenvalue weighted by Gasteiger charge is -2.22. The molecule has 0 aliphatic carbocycles. The number of nitrogens with two attached hydrogens (primary N) is 1. The van der Waals surface area contributed by atoms with Crippen LogP contribution in [-0.2, 0) is 31.5 Å². The van der Waals surface area contributed by atoms with Crippen LogP contribution >= 0.6 is 7.75 Å². The Morgan fingerprint density at radius 3 is 2.66 bits per heavy atom. The molecule has 0 radical (unpaired) electrons. The Balaban J connectivity index is 1.30. The molecule has 5 N–H and O–H groups in total. The van der Waals surface area contributed by atoms with E-state index >= 15 is 0 Å². The zero-order chi connectivity index (χ0) is 29.1. The van der Waals surface area contributed by atoms with E-state index in [1.54, 1.807) is 24.3 Å². The predicted molar refractivity (Wildman–Crippen MR) is 139 cm³/mol. The van der Waals surface area contributed by atoms with E-state index in [2.05, 4.69) is 20.0 Å². The molecule has 0 saturated carbocycles. The summed E-state index contributed by atoms with van der Waals surface area (Å²) in [6.07, 6.45) is -3.92. The van der Waals surface area contributed by atoms with Crippen LogP contribution in [0.1, 0.15) is 17.6 Å². The molecule has 2 unspecified atom stereocenters. The van der Waals surface area contributed by atoms with Gasteiger partial charge in [-0.05, 0) is 11.6 Å². The van der Waals surface area contributed by atoms with Gasteiger partial charge in [-0.2, -0.15) is 9.97 Å². The molecule has 1 aliphatic heterocycles. The van der Waals surface area contributed by atoms with E-state index < -0.39 is 56.3 Å². The third kappa shape index (κ3) is 6.20. The quantitative estimate of drug-likeness (QED) is 0.104. The molecule has 17 nitrogen and oxygen atoms in total. The van der Waals surface area contributed by atoms with Gasteiger partial charge in [0.2, 0.25) is 11.8 Å². The van der Waals surface area contributed by atoms with Gasteiger partial charge in [-0.3, -0.25) is 23.7 Å². The topological polar surface area (TPSA) is 232 Å². The highest BCUT2D eigenvalue weighted by atomic mass is 31.2. The molecule has 4 aromatic rings. The van der Waals surface area contributed by atoms with Gasteiger partial charge in [-0.25, -0.2) is 14.6 Å². The number of fused-ring (bicyclic) bond motifs is 1. The van der Waals surface area contributed by atoms with Crippen LogP contribution in [0.25, 0.3) is 11.2 Å². The van der Waals surface area contributed by atoms with E-state index in [1.807, 2.05) is 6.07 Å². The van der Waals surface area contributed by atoms with E-state index in [0.717, 1.165) is 11.6 Å². The van der Waals surface area contributed by atoms with Gasteiger partial charge in [0.15, 0.2) is 17.4 Å². The minimum atomic E-state index is -4.13. The van der Waals surface area contributed by atoms with Crippen LogP contribution in [0.4, 0.5) is 11.8 Å². The Bertz CT molecular complexity index is 1560. The first-order valence-corrected chi connectivity index (χ1v) is 13.7. The van der Waals surface area contributed by atoms with Crippen molar-refractivity contribution < 1.29 is 42.6 Å². The number of ether oxygens (including phenoxy) is 2. The van der Waals surface area contributed by atoms with Crippen LogP contribution in [0.3, 0.4) is 0 Å². The second-order valence-corrected chi connectivity index (χ2v) is 10.7. The van der Waals surface area contributed by atoms with Crippen molar-refractivity contribution in [2.75, 3.05) is 19.5 Å². The standard InChI is InChI=1S/C23H26N7O10P/c1-36-21-17-20(27-23(24)28-21)29(12-25-17)22-19(32)18(31)15(40-22)11-38-41(35,26-9-13-5-3-2-4-6-13)37-10-14-7-8-16(39-14)30(33)34/h2-8,12,15,18-19,22,31-32H,9-11H2,1H3,(H,26,35)(H2,24,27,28)/t15-,18?,19-,22-,41?/m1/s1. The second kappa shape index (κ2) is 11.9. The van der Waals surface area contributed by atoms with Crippen LogP contribution in [0.5, 0.6) is 5.88 Å². The Labute approximate surface area is 231 Å². The zero-order valence-corrected chi connectivity index (χ0v) is 22.4. The van der Waals surface area contributed by atoms with Crippen LogP contribution in [0.15, 0.2) is 53.2 Å². The van der Waals surface area contributed by atoms with Gasteiger partial charge >= 0.3 is 13.6 Å². The lowest BCUT2D eigenvalue weighted by Crippen LogP contribution is -2.34. The first kappa shape index (κ1) is 28.6. The molecular weight excluding hydrogens is 565 g/mol. The van der Waals surface area contributed by atoms with Crippen LogP contribution in [0.2, 0.25) is 0 Å². The highest BCUT2D eigenvalue weighted by Crippen LogP contribution is 2.46. The smallest absolute Gasteiger partial charge is 0.433 e. The number of aromatic nitrogens is 4. The van der Waals surface area contributed by atoms with E-state index in [9.17, 15) is 24.9 Å². The van der Waals surface area contributed by atoms with Crippen molar-refractivity contribution in [3.63, 3.8) is 0 Å². The molecule has 1 aliphatic rings. The van der Waals surface area contributed by atoms with Crippen molar-refractivity contribution in [3.8, 4) is 5.88 Å². The molecule has 3 aromatic heterocycles. The first-order valence-electron chi connectivity index (χ1n) is 12.1. The summed E-state index contributed by atoms with van der Waals surface area (Å²) in [5, 5.41) is 35.1. The number of aliphatic hydroxyl groups is 2. The summed E-state index contributed by atoms with van der Waals surface area (Å²) in [5.74, 6) is -0.453. The SMILES string of the molecule is COc1nc(N)nc2c1ncn2[C@@H]1O[C@H](COP(=O)(NCc2ccccc2)OCc2ccc([N+](=O)[O-])o2)C(O)[C@H]1O. The minimum Gasteiger partial charge on any atom is -0.479 e. The molecule has 5 rings (SSSR count). The number of imidazole rings is 1. The minimum absolute atomic E-state index is 0.0401. The lowest BCUT2D eigenvalue weighted by molar-refractivity contribution is -0.402. The fraction of sp³-hybridized carbons (Fsp3) is 0.348. The van der Waals surface area contributed by atoms with Crippen LogP contribution in [-0.4, -0.2) is 66.7 Å². The molecule has 0 bridgehead atoms. The predicted octanol–water partition coefficient (Wildman–Crippen LogP) is 1.67. The van der Waals surface area contributed by atoms with Crippen molar-refractivity contribution in [1.82, 2.24) is 24.6 Å². The second-order valence-electron chi connectivity index (χ2n) is 8.85. The fourth-order valence-electron chi connectivity index (χ4n) is 4.11. The van der Waals surface area contributed by atoms with Crippen molar-refractivity contribution in [2.45, 2.75) is 37.7 Å². The number of anilines is 1. The molecule has 4 heterocycles. The van der Waals surface area contributed by atoms with Gasteiger partial charge in [0.1, 0.15) is 35.6 Å². The summed E-state index contributed by atoms with van der Waals surface area (Å²) in [4.78, 5) is 22.5. The van der Waals surface area contributed by atoms with E-state index in [4.69, 9.17) is 28.7 Å². The number of nitrogen functional groups attached to an aromatic ring is 1. The monoisotopic (exact) mass is 591 g/mol. The summed E-state index contributed by atoms with van der Waals surface area (Å²) in [6.45, 7) is -0.810. The highest BCUT2D eigenvalue weighted by molar-refractivity contribution is 7.51. The van der Waals surface area contributed by atoms with Crippen LogP contribution < -0.4 is 15.6 Å². The number of benzene rings is 1. The van der Waals surface area contributed by atoms with Gasteiger partial charge in [-0.1, -0.05) is 30.3 Å². The molecule has 18 heteroatoms. The lowest BCUT2D eigenvalue weighted by atomic mass is 10.1. The molecule has 1 fully saturated rings. The average Bonchev–Trinajstić information content (AvgIpc) is 3.68. The van der Waals surface area contributed by atoms with Crippen LogP contribution in [0, 0.1) is 10.1 Å². The molecule has 41 heavy (non-hydrogen) atoms. The van der Waals surface area contributed by atoms with Crippen molar-refractivity contribution in [3.05, 3.63) is 70.2 Å². The number of hydrogen-bond acceptors (Lipinski definition) is 14. The molecular formula is C23H26N7O10P. The number of furan rings is 1. The Morgan fingerprint density at radius 2 is 1.95 bits per heavy atom. The highest BCUT2D eigenvalue weighted by Gasteiger charge is 2.45. The maximum atomic E-state index is 13.6. The number of nitrogens with zero attached hydrogens (tertiary/aromatic N) is 5. The first-order chi connectivity index (χ1) is 19.7. The molecule has 1 saturated heterocycles. The fourth-order valence-corrected chi connectivity index (χ4v) is 5.38. The van der Waals surface area contributed by atoms with Crippen molar-refractivity contribution in [1.29, 1.82) is 0 Å². The molecule has 0 amide bonds. The van der Waals surface area contributed by atoms with E-state index in [1.165, 1.54) is 24.1 Å². The summed E-state index contributed by atoms with van der Waals surface area (Å²) >= 11 is 0. The summed E-state index contributed by atoms with van der Waals surface area (Å²) < 4.78 is 42.2. The van der Waals surface area contributed by atoms with Crippen molar-refractivity contribution >= 4 is 30.7 Å². The van der Waals surface area contributed by atoms with Gasteiger partial charge in [0.25, 0.3) is 0 Å². The van der Waals surface area contributed by atoms with Gasteiger partial charge in [0, 0.05) is 6.54 Å². The molecule has 0 spiro atoms. The number of hydrogen-bond donors (Lipinski definition) is 4. The largest absolute Gasteiger partial charge is 0.479 e. The van der Waals surface area contributed by atoms with Gasteiger partial charge in [-0.15, -0.1) is 0 Å². The average molecular weight is 591 g/mol. The summed E-state index contributed by atoms with van der Waals surface area (Å²) in [7, 11) is -2.74. The number of methoxy groups -OCH3 is 1. The molecule has 1 aromatic carbocycles. The number of nitro groups is 1. The molecule has 5 atom stereocenters. The third-order valence-corrected chi connectivity index (χ3v) is 7.65. The number of rotatable bonds is 12. The Kier molecular flexibility index (Phi) is 8.27. The van der Waals surface area contributed by atoms with E-state index in [0.29, 0.717) is 0 Å². The van der Waals surface area contributed by atoms with Crippen molar-refractivity contribution in [2.24, 2.45) is 0 Å². The summed E-state index contributed by atoms with van der Waals surface area (Å²) in [5.41, 5.74) is 6.98. The summed E-state index contributed by atoms with van der Waals surface area (Å²) in [6, 6.07) is 11.4.